The number of rotatable bonds is 9. The lowest BCUT2D eigenvalue weighted by molar-refractivity contribution is -0.192. The van der Waals surface area contributed by atoms with E-state index >= 15 is 0 Å². The standard InChI is InChI=1S/C27H33F2N5O5.C22H25F2N5O3.C17H28BN3O4.C16H17BrF2N2O3.C2HF3O2/c1-16-12-32(25(37)38-21-9-27(28,29)10-21)23-8-18(6-7-22(23)34(16)17(2)35)19-11-30-33(13-19)20-14-31(15-20)24(36)39-26(3,4)5;1-13-11-27(21(31)32-18-6-22(23,24)7-18)20-5-15(3-4-19(20)29(13)14(2)30)16-8-26-28(12-16)17-9-25-10-17;1-15(2,3)23-14(22)20-10-13(11-20)21-9-12(8-19-21)18-24-16(4,5)17(6,7)25-18;1-9-8-20(15(23)24-12-6-16(18,19)7-12)14-5-11(17)3-4-13(14)21(9)10(2)22;3-2(4,5)1(6)7/h6-8,11,13,16,20-21H,9-10,12,14-15H2,1-5H3;3-5,8,12-13,17-18,25H,6-7,9-11H2,1-2H3;8-9,13H,10-11H2,1-7H3;3-5,9,12H,6-8H2,1-2H3;(H,6,7)/t16-;13-;;9-;/m00.0./s1. The summed E-state index contributed by atoms with van der Waals surface area (Å²) in [5.74, 6) is -11.5. The van der Waals surface area contributed by atoms with Gasteiger partial charge in [-0.15, -0.1) is 0 Å². The molecule has 3 saturated carbocycles. The van der Waals surface area contributed by atoms with Gasteiger partial charge in [-0.1, -0.05) is 28.1 Å². The minimum Gasteiger partial charge on any atom is -0.475 e. The second-order valence-electron chi connectivity index (χ2n) is 36.3. The van der Waals surface area contributed by atoms with Gasteiger partial charge in [-0.2, -0.15) is 28.5 Å². The number of fused-ring (bicyclic) bond motifs is 3. The van der Waals surface area contributed by atoms with Crippen molar-refractivity contribution in [3.05, 3.63) is 96.3 Å². The number of aliphatic carboxylic acids is 1. The fraction of sp³-hybridized carbons (Fsp3) is 0.571. The molecule has 3 aromatic carbocycles. The van der Waals surface area contributed by atoms with E-state index in [1.807, 2.05) is 142 Å². The molecular formula is C84H104BBrF9N15O17. The van der Waals surface area contributed by atoms with Gasteiger partial charge in [0.25, 0.3) is 17.8 Å². The Morgan fingerprint density at radius 2 is 0.772 bits per heavy atom. The van der Waals surface area contributed by atoms with E-state index in [0.717, 1.165) is 45.3 Å². The van der Waals surface area contributed by atoms with Crippen molar-refractivity contribution in [3.8, 4) is 22.3 Å². The molecule has 7 aliphatic heterocycles. The van der Waals surface area contributed by atoms with Crippen LogP contribution in [0.15, 0.2) is 96.3 Å². The molecule has 0 unspecified atom stereocenters. The largest absolute Gasteiger partial charge is 0.498 e. The van der Waals surface area contributed by atoms with Gasteiger partial charge in [0.15, 0.2) is 0 Å². The van der Waals surface area contributed by atoms with Crippen molar-refractivity contribution in [2.75, 3.05) is 88.3 Å². The highest BCUT2D eigenvalue weighted by molar-refractivity contribution is 9.10. The number of nitrogens with zero attached hydrogens (tertiary/aromatic N) is 14. The number of anilines is 6. The first-order valence-corrected chi connectivity index (χ1v) is 42.2. The van der Waals surface area contributed by atoms with Crippen LogP contribution in [0.4, 0.5) is 97.6 Å². The number of carbonyl (C=O) groups is 9. The molecule has 10 aliphatic rings. The van der Waals surface area contributed by atoms with Crippen LogP contribution in [0.2, 0.25) is 0 Å². The number of hydrogen-bond acceptors (Lipinski definition) is 20. The first-order valence-electron chi connectivity index (χ1n) is 41.4. The highest BCUT2D eigenvalue weighted by Crippen LogP contribution is 2.48. The second kappa shape index (κ2) is 36.1. The van der Waals surface area contributed by atoms with Crippen LogP contribution >= 0.6 is 15.9 Å². The molecule has 0 radical (unpaired) electrons. The van der Waals surface area contributed by atoms with Crippen LogP contribution in [0.1, 0.15) is 167 Å². The molecule has 4 saturated heterocycles. The zero-order valence-corrected chi connectivity index (χ0v) is 74.6. The molecule has 0 spiro atoms. The summed E-state index contributed by atoms with van der Waals surface area (Å²) in [5, 5.41) is 23.7. The van der Waals surface area contributed by atoms with E-state index in [-0.39, 0.29) is 91.0 Å². The lowest BCUT2D eigenvalue weighted by Gasteiger charge is -2.42. The third-order valence-electron chi connectivity index (χ3n) is 23.0. The Morgan fingerprint density at radius 3 is 1.08 bits per heavy atom. The average Bonchev–Trinajstić information content (AvgIpc) is 1.26. The molecule has 32 nitrogen and oxygen atoms in total. The zero-order valence-electron chi connectivity index (χ0n) is 73.1. The predicted molar refractivity (Wildman–Crippen MR) is 450 cm³/mol. The van der Waals surface area contributed by atoms with Gasteiger partial charge in [-0.3, -0.25) is 43.1 Å². The maximum atomic E-state index is 13.3. The van der Waals surface area contributed by atoms with Crippen LogP contribution in [0.3, 0.4) is 0 Å². The Balaban J connectivity index is 0.000000152. The number of nitrogens with one attached hydrogen (secondary N) is 1. The number of likely N-dealkylation sites (tertiary alicyclic amines) is 2. The minimum atomic E-state index is -5.08. The molecule has 3 aliphatic carbocycles. The van der Waals surface area contributed by atoms with E-state index in [1.54, 1.807) is 78.1 Å². The summed E-state index contributed by atoms with van der Waals surface area (Å²) in [6, 6.07) is 15.8. The SMILES string of the molecule is CC(=O)N1c2ccc(-c3cnn(C4CN(C(=O)OC(C)(C)C)C4)c3)cc2N(C(=O)OC2CC(F)(F)C2)C[C@@H]1C.CC(=O)N1c2ccc(-c3cnn(C4CNC4)c3)cc2N(C(=O)OC2CC(F)(F)C2)C[C@@H]1C.CC(=O)N1c2ccc(Br)cc2N(C(=O)OC2CC(F)(F)C2)C[C@@H]1C.CC(C)(C)OC(=O)N1CC(n2cc(B3OC(C)(C)C(C)(C)O3)cn2)C1.O=C(O)C(F)(F)F. The fourth-order valence-corrected chi connectivity index (χ4v) is 15.9. The number of carboxylic acid groups (broad SMARTS) is 1. The van der Waals surface area contributed by atoms with E-state index in [9.17, 15) is 77.9 Å². The number of carbonyl (C=O) groups excluding carboxylic acids is 8. The van der Waals surface area contributed by atoms with Gasteiger partial charge in [0.2, 0.25) is 17.7 Å². The van der Waals surface area contributed by atoms with Crippen LogP contribution in [0, 0.1) is 0 Å². The van der Waals surface area contributed by atoms with Crippen LogP contribution in [0.25, 0.3) is 22.3 Å². The van der Waals surface area contributed by atoms with Crippen LogP contribution in [0.5, 0.6) is 0 Å². The lowest BCUT2D eigenvalue weighted by Crippen LogP contribution is -2.53. The summed E-state index contributed by atoms with van der Waals surface area (Å²) in [6.45, 7) is 33.6. The monoisotopic (exact) mass is 1860 g/mol. The Labute approximate surface area is 735 Å². The fourth-order valence-electron chi connectivity index (χ4n) is 15.5. The van der Waals surface area contributed by atoms with Crippen molar-refractivity contribution < 1.29 is 121 Å². The maximum absolute atomic E-state index is 13.3. The number of aromatic nitrogens is 6. The van der Waals surface area contributed by atoms with Crippen LogP contribution in [-0.4, -0.2) is 247 Å². The molecule has 6 aromatic rings. The molecule has 3 aromatic heterocycles. The molecule has 2 N–H and O–H groups in total. The Kier molecular flexibility index (Phi) is 27.1. The number of alkyl halides is 9. The maximum Gasteiger partial charge on any atom is 0.498 e. The second-order valence-corrected chi connectivity index (χ2v) is 37.3. The van der Waals surface area contributed by atoms with Gasteiger partial charge >= 0.3 is 49.7 Å². The smallest absolute Gasteiger partial charge is 0.475 e. The van der Waals surface area contributed by atoms with Crippen LogP contribution < -0.4 is 40.2 Å². The van der Waals surface area contributed by atoms with Gasteiger partial charge in [0.1, 0.15) is 29.5 Å². The van der Waals surface area contributed by atoms with Gasteiger partial charge in [0, 0.05) is 164 Å². The Morgan fingerprint density at radius 1 is 0.457 bits per heavy atom. The molecule has 10 heterocycles. The summed E-state index contributed by atoms with van der Waals surface area (Å²) < 4.78 is 156. The molecule has 0 bridgehead atoms. The van der Waals surface area contributed by atoms with E-state index < -0.39 is 123 Å². The third kappa shape index (κ3) is 22.2. The van der Waals surface area contributed by atoms with Gasteiger partial charge in [-0.25, -0.2) is 55.1 Å². The summed E-state index contributed by atoms with van der Waals surface area (Å²) in [7, 11) is -0.416. The normalized spacial score (nSPS) is 21.6. The summed E-state index contributed by atoms with van der Waals surface area (Å²) in [4.78, 5) is 121. The van der Waals surface area contributed by atoms with Crippen molar-refractivity contribution >= 4 is 117 Å². The minimum absolute atomic E-state index is 0.00466. The highest BCUT2D eigenvalue weighted by Gasteiger charge is 2.55. The van der Waals surface area contributed by atoms with Crippen molar-refractivity contribution in [1.82, 2.24) is 44.5 Å². The third-order valence-corrected chi connectivity index (χ3v) is 23.5. The number of amides is 8. The topological polar surface area (TPSA) is 330 Å². The van der Waals surface area contributed by atoms with Gasteiger partial charge < -0.3 is 67.9 Å². The van der Waals surface area contributed by atoms with E-state index in [2.05, 4.69) is 36.5 Å². The number of hydrogen-bond donors (Lipinski definition) is 2. The number of ether oxygens (including phenoxy) is 5. The van der Waals surface area contributed by atoms with Crippen molar-refractivity contribution in [1.29, 1.82) is 0 Å². The van der Waals surface area contributed by atoms with Gasteiger partial charge in [0.05, 0.1) is 94.0 Å². The molecule has 127 heavy (non-hydrogen) atoms. The first kappa shape index (κ1) is 95.4. The van der Waals surface area contributed by atoms with E-state index in [4.69, 9.17) is 42.9 Å². The van der Waals surface area contributed by atoms with Gasteiger partial charge in [-0.05, 0) is 144 Å². The number of benzene rings is 3. The number of halogens is 10. The molecular weight excluding hydrogens is 1750 g/mol. The van der Waals surface area contributed by atoms with Crippen molar-refractivity contribution in [2.45, 2.75) is 250 Å². The van der Waals surface area contributed by atoms with Crippen molar-refractivity contribution in [3.63, 3.8) is 0 Å². The van der Waals surface area contributed by atoms with Crippen LogP contribution in [-0.2, 0) is 52.2 Å². The summed E-state index contributed by atoms with van der Waals surface area (Å²) in [6.07, 6.45) is -1.89. The Bertz CT molecular complexity index is 5100. The molecule has 8 amide bonds. The predicted octanol–water partition coefficient (Wildman–Crippen LogP) is 14.6. The Hall–Kier alpha value is -10.7. The molecule has 690 valence electrons. The molecule has 43 heteroatoms. The zero-order chi connectivity index (χ0) is 93.2. The molecule has 3 atom stereocenters. The van der Waals surface area contributed by atoms with E-state index in [0.29, 0.717) is 66.3 Å². The van der Waals surface area contributed by atoms with Crippen molar-refractivity contribution in [2.24, 2.45) is 0 Å². The lowest BCUT2D eigenvalue weighted by atomic mass is 9.82. The summed E-state index contributed by atoms with van der Waals surface area (Å²) >= 11 is 3.35. The quantitative estimate of drug-likeness (QED) is 0.0771. The number of carboxylic acids is 1. The first-order chi connectivity index (χ1) is 58.9. The highest BCUT2D eigenvalue weighted by atomic mass is 79.9. The average molecular weight is 1860 g/mol. The summed E-state index contributed by atoms with van der Waals surface area (Å²) in [5.41, 5.74) is 5.62. The van der Waals surface area contributed by atoms with E-state index in [1.165, 1.54) is 35.5 Å². The molecule has 16 rings (SSSR count). The molecule has 7 fully saturated rings.